The van der Waals surface area contributed by atoms with Crippen molar-refractivity contribution in [1.29, 1.82) is 0 Å². The maximum atomic E-state index is 13.1. The molecule has 0 spiro atoms. The first-order chi connectivity index (χ1) is 12.3. The van der Waals surface area contributed by atoms with Gasteiger partial charge in [-0.3, -0.25) is 14.2 Å². The van der Waals surface area contributed by atoms with Crippen molar-refractivity contribution in [1.82, 2.24) is 9.47 Å². The number of amides is 1. The summed E-state index contributed by atoms with van der Waals surface area (Å²) in [6.07, 6.45) is 1.40. The topological polar surface area (TPSA) is 42.3 Å². The Morgan fingerprint density at radius 2 is 1.81 bits per heavy atom. The fourth-order valence-corrected chi connectivity index (χ4v) is 3.61. The van der Waals surface area contributed by atoms with Gasteiger partial charge in [-0.05, 0) is 41.8 Å². The van der Waals surface area contributed by atoms with Gasteiger partial charge in [0.05, 0.1) is 0 Å². The fourth-order valence-electron chi connectivity index (χ4n) is 3.61. The zero-order valence-electron chi connectivity index (χ0n) is 13.9. The van der Waals surface area contributed by atoms with Crippen LogP contribution in [0, 0.1) is 11.7 Å². The summed E-state index contributed by atoms with van der Waals surface area (Å²) in [5, 5.41) is 0. The van der Waals surface area contributed by atoms with Crippen molar-refractivity contribution in [2.24, 2.45) is 5.92 Å². The highest BCUT2D eigenvalue weighted by Gasteiger charge is 2.49. The number of rotatable bonds is 2. The van der Waals surface area contributed by atoms with Gasteiger partial charge in [0.1, 0.15) is 5.82 Å². The van der Waals surface area contributed by atoms with Gasteiger partial charge in [0.2, 0.25) is 11.8 Å². The Balaban J connectivity index is 1.58. The molecule has 0 saturated heterocycles. The van der Waals surface area contributed by atoms with E-state index >= 15 is 0 Å². The number of alkyl halides is 2. The first kappa shape index (κ1) is 16.9. The first-order valence-corrected chi connectivity index (χ1v) is 8.49. The van der Waals surface area contributed by atoms with E-state index in [1.807, 2.05) is 0 Å². The standard InChI is InChI=1S/C19H17F3N2O2/c20-15-1-3-16(4-2-15)24-11-14-10-23(6-5-12(14)7-17(24)25)18(26)13-8-19(21,22)9-13/h1-4,7,11,13H,5-6,8-10H2. The Kier molecular flexibility index (Phi) is 3.89. The minimum atomic E-state index is -2.73. The number of nitrogens with zero attached hydrogens (tertiary/aromatic N) is 2. The number of carbonyl (C=O) groups is 1. The van der Waals surface area contributed by atoms with E-state index in [0.29, 0.717) is 18.7 Å². The highest BCUT2D eigenvalue weighted by Crippen LogP contribution is 2.43. The molecule has 0 bridgehead atoms. The molecule has 1 aliphatic carbocycles. The van der Waals surface area contributed by atoms with Gasteiger partial charge in [0, 0.05) is 49.8 Å². The second kappa shape index (κ2) is 6.00. The van der Waals surface area contributed by atoms with Crippen LogP contribution >= 0.6 is 0 Å². The lowest BCUT2D eigenvalue weighted by Crippen LogP contribution is -2.48. The van der Waals surface area contributed by atoms with Crippen LogP contribution in [0.5, 0.6) is 0 Å². The van der Waals surface area contributed by atoms with Crippen molar-refractivity contribution >= 4 is 5.91 Å². The molecular weight excluding hydrogens is 345 g/mol. The first-order valence-electron chi connectivity index (χ1n) is 8.49. The molecule has 1 fully saturated rings. The highest BCUT2D eigenvalue weighted by molar-refractivity contribution is 5.80. The Morgan fingerprint density at radius 1 is 1.12 bits per heavy atom. The van der Waals surface area contributed by atoms with Crippen LogP contribution in [0.2, 0.25) is 0 Å². The summed E-state index contributed by atoms with van der Waals surface area (Å²) in [7, 11) is 0. The minimum absolute atomic E-state index is 0.228. The lowest BCUT2D eigenvalue weighted by Gasteiger charge is -2.38. The molecule has 1 aromatic heterocycles. The van der Waals surface area contributed by atoms with Crippen LogP contribution in [0.4, 0.5) is 13.2 Å². The van der Waals surface area contributed by atoms with E-state index < -0.39 is 17.7 Å². The summed E-state index contributed by atoms with van der Waals surface area (Å²) in [4.78, 5) is 26.3. The van der Waals surface area contributed by atoms with Gasteiger partial charge in [-0.15, -0.1) is 0 Å². The third kappa shape index (κ3) is 3.02. The van der Waals surface area contributed by atoms with E-state index in [1.165, 1.54) is 34.9 Å². The lowest BCUT2D eigenvalue weighted by atomic mass is 9.80. The molecule has 2 heterocycles. The summed E-state index contributed by atoms with van der Waals surface area (Å²) in [6, 6.07) is 7.08. The third-order valence-corrected chi connectivity index (χ3v) is 5.10. The van der Waals surface area contributed by atoms with Crippen molar-refractivity contribution in [3.05, 3.63) is 63.8 Å². The van der Waals surface area contributed by atoms with Gasteiger partial charge in [-0.25, -0.2) is 13.2 Å². The molecule has 4 nitrogen and oxygen atoms in total. The molecule has 0 atom stereocenters. The maximum absolute atomic E-state index is 13.1. The molecular formula is C19H17F3N2O2. The molecule has 1 aliphatic heterocycles. The summed E-state index contributed by atoms with van der Waals surface area (Å²) < 4.78 is 40.6. The average molecular weight is 362 g/mol. The molecule has 136 valence electrons. The van der Waals surface area contributed by atoms with Crippen molar-refractivity contribution in [3.8, 4) is 5.69 Å². The van der Waals surface area contributed by atoms with E-state index in [-0.39, 0.29) is 30.9 Å². The number of halogens is 3. The largest absolute Gasteiger partial charge is 0.338 e. The normalized spacial score (nSPS) is 19.0. The second-order valence-electron chi connectivity index (χ2n) is 6.98. The molecule has 0 N–H and O–H groups in total. The van der Waals surface area contributed by atoms with Crippen LogP contribution in [0.25, 0.3) is 5.69 Å². The van der Waals surface area contributed by atoms with Crippen molar-refractivity contribution in [3.63, 3.8) is 0 Å². The van der Waals surface area contributed by atoms with E-state index in [2.05, 4.69) is 0 Å². The SMILES string of the molecule is O=C(C1CC(F)(F)C1)N1CCc2cc(=O)n(-c3ccc(F)cc3)cc2C1. The third-order valence-electron chi connectivity index (χ3n) is 5.10. The van der Waals surface area contributed by atoms with Crippen molar-refractivity contribution in [2.45, 2.75) is 31.7 Å². The Morgan fingerprint density at radius 3 is 2.46 bits per heavy atom. The quantitative estimate of drug-likeness (QED) is 0.824. The van der Waals surface area contributed by atoms with Gasteiger partial charge < -0.3 is 4.90 Å². The van der Waals surface area contributed by atoms with Crippen molar-refractivity contribution < 1.29 is 18.0 Å². The summed E-state index contributed by atoms with van der Waals surface area (Å²) in [5.41, 5.74) is 1.96. The number of hydrogen-bond donors (Lipinski definition) is 0. The smallest absolute Gasteiger partial charge is 0.255 e. The molecule has 1 amide bonds. The molecule has 1 saturated carbocycles. The van der Waals surface area contributed by atoms with Gasteiger partial charge >= 0.3 is 0 Å². The monoisotopic (exact) mass is 362 g/mol. The number of benzene rings is 1. The van der Waals surface area contributed by atoms with Crippen LogP contribution < -0.4 is 5.56 Å². The van der Waals surface area contributed by atoms with Gasteiger partial charge in [-0.2, -0.15) is 0 Å². The van der Waals surface area contributed by atoms with Gasteiger partial charge in [0.15, 0.2) is 0 Å². The van der Waals surface area contributed by atoms with E-state index in [0.717, 1.165) is 11.1 Å². The molecule has 4 rings (SSSR count). The Bertz CT molecular complexity index is 913. The maximum Gasteiger partial charge on any atom is 0.255 e. The molecule has 7 heteroatoms. The molecule has 2 aliphatic rings. The summed E-state index contributed by atoms with van der Waals surface area (Å²) in [6.45, 7) is 0.714. The van der Waals surface area contributed by atoms with E-state index in [1.54, 1.807) is 11.1 Å². The number of carbonyl (C=O) groups excluding carboxylic acids is 1. The molecule has 26 heavy (non-hydrogen) atoms. The molecule has 0 radical (unpaired) electrons. The average Bonchev–Trinajstić information content (AvgIpc) is 2.59. The van der Waals surface area contributed by atoms with Crippen LogP contribution in [0.3, 0.4) is 0 Å². The van der Waals surface area contributed by atoms with Crippen LogP contribution in [0.15, 0.2) is 41.3 Å². The van der Waals surface area contributed by atoms with Gasteiger partial charge in [0.25, 0.3) is 5.56 Å². The minimum Gasteiger partial charge on any atom is -0.338 e. The van der Waals surface area contributed by atoms with Crippen LogP contribution in [-0.4, -0.2) is 27.8 Å². The summed E-state index contributed by atoms with van der Waals surface area (Å²) in [5.74, 6) is -3.98. The van der Waals surface area contributed by atoms with E-state index in [9.17, 15) is 22.8 Å². The van der Waals surface area contributed by atoms with Crippen LogP contribution in [-0.2, 0) is 17.8 Å². The Labute approximate surface area is 147 Å². The summed E-state index contributed by atoms with van der Waals surface area (Å²) >= 11 is 0. The number of fused-ring (bicyclic) bond motifs is 1. The number of pyridine rings is 1. The molecule has 0 unspecified atom stereocenters. The number of hydrogen-bond acceptors (Lipinski definition) is 2. The zero-order chi connectivity index (χ0) is 18.5. The highest BCUT2D eigenvalue weighted by atomic mass is 19.3. The number of aromatic nitrogens is 1. The van der Waals surface area contributed by atoms with Gasteiger partial charge in [-0.1, -0.05) is 0 Å². The predicted molar refractivity (Wildman–Crippen MR) is 88.8 cm³/mol. The van der Waals surface area contributed by atoms with Crippen molar-refractivity contribution in [2.75, 3.05) is 6.54 Å². The fraction of sp³-hybridized carbons (Fsp3) is 0.368. The Hall–Kier alpha value is -2.57. The predicted octanol–water partition coefficient (Wildman–Crippen LogP) is 2.91. The lowest BCUT2D eigenvalue weighted by molar-refractivity contribution is -0.160. The second-order valence-corrected chi connectivity index (χ2v) is 6.98. The zero-order valence-corrected chi connectivity index (χ0v) is 13.9. The van der Waals surface area contributed by atoms with Crippen LogP contribution in [0.1, 0.15) is 24.0 Å². The van der Waals surface area contributed by atoms with E-state index in [4.69, 9.17) is 0 Å². The molecule has 1 aromatic carbocycles. The molecule has 2 aromatic rings.